The molecular weight excluding hydrogens is 306 g/mol. The molecule has 0 aliphatic heterocycles. The van der Waals surface area contributed by atoms with Gasteiger partial charge in [-0.25, -0.2) is 0 Å². The summed E-state index contributed by atoms with van der Waals surface area (Å²) >= 11 is 5.75. The highest BCUT2D eigenvalue weighted by molar-refractivity contribution is 6.30. The van der Waals surface area contributed by atoms with Crippen molar-refractivity contribution < 1.29 is 14.3 Å². The number of ether oxygens (including phenoxy) is 1. The van der Waals surface area contributed by atoms with E-state index in [4.69, 9.17) is 21.6 Å². The Balaban J connectivity index is 2.50. The molecule has 1 rings (SSSR count). The van der Waals surface area contributed by atoms with E-state index < -0.39 is 5.91 Å². The molecule has 6 nitrogen and oxygen atoms in total. The average molecular weight is 322 g/mol. The zero-order valence-electron chi connectivity index (χ0n) is 12.1. The van der Waals surface area contributed by atoms with E-state index in [0.29, 0.717) is 17.3 Å². The summed E-state index contributed by atoms with van der Waals surface area (Å²) in [6.07, 6.45) is 1.42. The number of nitrogens with one attached hydrogen (secondary N) is 2. The summed E-state index contributed by atoms with van der Waals surface area (Å²) in [6, 6.07) is 8.31. The second-order valence-corrected chi connectivity index (χ2v) is 4.58. The van der Waals surface area contributed by atoms with E-state index in [2.05, 4.69) is 10.6 Å². The number of benzene rings is 1. The van der Waals surface area contributed by atoms with Crippen LogP contribution in [0.5, 0.6) is 0 Å². The van der Waals surface area contributed by atoms with Crippen LogP contribution in [-0.4, -0.2) is 25.0 Å². The molecule has 0 saturated heterocycles. The van der Waals surface area contributed by atoms with Crippen LogP contribution >= 0.6 is 11.6 Å². The van der Waals surface area contributed by atoms with Crippen molar-refractivity contribution >= 4 is 29.2 Å². The molecule has 0 fully saturated rings. The molecule has 0 aliphatic carbocycles. The van der Waals surface area contributed by atoms with Crippen molar-refractivity contribution in [3.8, 4) is 6.07 Å². The minimum absolute atomic E-state index is 0.0983. The van der Waals surface area contributed by atoms with Gasteiger partial charge in [-0.15, -0.1) is 0 Å². The summed E-state index contributed by atoms with van der Waals surface area (Å²) in [5.74, 6) is -0.888. The number of hydrogen-bond donors (Lipinski definition) is 2. The van der Waals surface area contributed by atoms with Gasteiger partial charge in [0.1, 0.15) is 11.6 Å². The Morgan fingerprint density at radius 1 is 1.36 bits per heavy atom. The van der Waals surface area contributed by atoms with Gasteiger partial charge in [-0.3, -0.25) is 9.59 Å². The van der Waals surface area contributed by atoms with E-state index >= 15 is 0 Å². The quantitative estimate of drug-likeness (QED) is 0.348. The molecule has 22 heavy (non-hydrogen) atoms. The van der Waals surface area contributed by atoms with Gasteiger partial charge in [0.15, 0.2) is 0 Å². The van der Waals surface area contributed by atoms with Gasteiger partial charge >= 0.3 is 5.97 Å². The first kappa shape index (κ1) is 17.5. The third kappa shape index (κ3) is 6.29. The Morgan fingerprint density at radius 2 is 2.05 bits per heavy atom. The predicted molar refractivity (Wildman–Crippen MR) is 83.0 cm³/mol. The van der Waals surface area contributed by atoms with Gasteiger partial charge < -0.3 is 15.4 Å². The molecule has 0 radical (unpaired) electrons. The predicted octanol–water partition coefficient (Wildman–Crippen LogP) is 2.23. The second kappa shape index (κ2) is 9.42. The van der Waals surface area contributed by atoms with Crippen molar-refractivity contribution in [3.05, 3.63) is 41.1 Å². The highest BCUT2D eigenvalue weighted by Crippen LogP contribution is 2.13. The van der Waals surface area contributed by atoms with E-state index in [1.165, 1.54) is 6.20 Å². The van der Waals surface area contributed by atoms with Crippen LogP contribution in [0.25, 0.3) is 0 Å². The lowest BCUT2D eigenvalue weighted by Crippen LogP contribution is -2.19. The molecule has 0 bridgehead atoms. The molecule has 1 aromatic carbocycles. The van der Waals surface area contributed by atoms with Gasteiger partial charge in [0.05, 0.1) is 13.0 Å². The van der Waals surface area contributed by atoms with Crippen molar-refractivity contribution in [2.45, 2.75) is 13.3 Å². The number of anilines is 1. The molecule has 0 unspecified atom stereocenters. The fraction of sp³-hybridized carbons (Fsp3) is 0.267. The molecule has 1 aromatic rings. The van der Waals surface area contributed by atoms with Crippen LogP contribution < -0.4 is 10.6 Å². The fourth-order valence-corrected chi connectivity index (χ4v) is 1.59. The lowest BCUT2D eigenvalue weighted by molar-refractivity contribution is -0.142. The number of rotatable bonds is 7. The number of esters is 1. The van der Waals surface area contributed by atoms with E-state index in [-0.39, 0.29) is 24.5 Å². The van der Waals surface area contributed by atoms with Crippen LogP contribution in [0.2, 0.25) is 5.02 Å². The zero-order valence-corrected chi connectivity index (χ0v) is 12.8. The molecule has 7 heteroatoms. The number of carbonyl (C=O) groups is 2. The average Bonchev–Trinajstić information content (AvgIpc) is 2.50. The monoisotopic (exact) mass is 321 g/mol. The third-order valence-corrected chi connectivity index (χ3v) is 2.74. The molecule has 0 atom stereocenters. The minimum Gasteiger partial charge on any atom is -0.466 e. The highest BCUT2D eigenvalue weighted by atomic mass is 35.5. The second-order valence-electron chi connectivity index (χ2n) is 4.14. The van der Waals surface area contributed by atoms with Gasteiger partial charge in [0.2, 0.25) is 0 Å². The summed E-state index contributed by atoms with van der Waals surface area (Å²) in [6.45, 7) is 2.32. The molecule has 0 aromatic heterocycles. The van der Waals surface area contributed by atoms with Crippen molar-refractivity contribution in [2.75, 3.05) is 18.5 Å². The van der Waals surface area contributed by atoms with Crippen molar-refractivity contribution in [3.63, 3.8) is 0 Å². The van der Waals surface area contributed by atoms with Crippen molar-refractivity contribution in [2.24, 2.45) is 0 Å². The maximum atomic E-state index is 11.9. The summed E-state index contributed by atoms with van der Waals surface area (Å²) in [5.41, 5.74) is 0.431. The fourth-order valence-electron chi connectivity index (χ4n) is 1.46. The molecule has 1 amide bonds. The molecule has 2 N–H and O–H groups in total. The van der Waals surface area contributed by atoms with Crippen molar-refractivity contribution in [1.29, 1.82) is 5.26 Å². The molecule has 0 heterocycles. The molecule has 0 saturated carbocycles. The molecule has 116 valence electrons. The standard InChI is InChI=1S/C15H16ClN3O3/c1-2-22-14(20)7-8-18-10-11(9-17)15(21)19-13-5-3-12(16)4-6-13/h3-6,10,18H,2,7-8H2,1H3,(H,19,21)/b11-10-. The SMILES string of the molecule is CCOC(=O)CCN/C=C(/C#N)C(=O)Nc1ccc(Cl)cc1. The van der Waals surface area contributed by atoms with Gasteiger partial charge in [0.25, 0.3) is 5.91 Å². The van der Waals surface area contributed by atoms with Crippen LogP contribution in [-0.2, 0) is 14.3 Å². The van der Waals surface area contributed by atoms with E-state index in [9.17, 15) is 9.59 Å². The van der Waals surface area contributed by atoms with Crippen molar-refractivity contribution in [1.82, 2.24) is 5.32 Å². The van der Waals surface area contributed by atoms with Gasteiger partial charge in [0, 0.05) is 23.5 Å². The van der Waals surface area contributed by atoms with E-state index in [1.54, 1.807) is 37.3 Å². The number of halogens is 1. The minimum atomic E-state index is -0.548. The van der Waals surface area contributed by atoms with Crippen LogP contribution in [0.15, 0.2) is 36.0 Å². The van der Waals surface area contributed by atoms with Crippen LogP contribution in [0.3, 0.4) is 0 Å². The molecular formula is C15H16ClN3O3. The largest absolute Gasteiger partial charge is 0.466 e. The lowest BCUT2D eigenvalue weighted by atomic mass is 10.2. The Hall–Kier alpha value is -2.52. The van der Waals surface area contributed by atoms with Gasteiger partial charge in [-0.2, -0.15) is 5.26 Å². The Morgan fingerprint density at radius 3 is 2.64 bits per heavy atom. The summed E-state index contributed by atoms with van der Waals surface area (Å²) in [4.78, 5) is 23.0. The van der Waals surface area contributed by atoms with Gasteiger partial charge in [-0.1, -0.05) is 11.6 Å². The Bertz CT molecular complexity index is 591. The van der Waals surface area contributed by atoms with Crippen LogP contribution in [0.4, 0.5) is 5.69 Å². The Kier molecular flexibility index (Phi) is 7.51. The number of nitrogens with zero attached hydrogens (tertiary/aromatic N) is 1. The summed E-state index contributed by atoms with van der Waals surface area (Å²) < 4.78 is 4.76. The van der Waals surface area contributed by atoms with Crippen LogP contribution in [0, 0.1) is 11.3 Å². The number of nitriles is 1. The first-order chi connectivity index (χ1) is 10.6. The normalized spacial score (nSPS) is 10.5. The number of carbonyl (C=O) groups excluding carboxylic acids is 2. The maximum Gasteiger partial charge on any atom is 0.307 e. The first-order valence-corrected chi connectivity index (χ1v) is 7.00. The Labute approximate surface area is 133 Å². The van der Waals surface area contributed by atoms with E-state index in [0.717, 1.165) is 0 Å². The lowest BCUT2D eigenvalue weighted by Gasteiger charge is -2.05. The van der Waals surface area contributed by atoms with Crippen LogP contribution in [0.1, 0.15) is 13.3 Å². The zero-order chi connectivity index (χ0) is 16.4. The third-order valence-electron chi connectivity index (χ3n) is 2.49. The topological polar surface area (TPSA) is 91.2 Å². The molecule has 0 spiro atoms. The number of amides is 1. The summed E-state index contributed by atoms with van der Waals surface area (Å²) in [7, 11) is 0. The molecule has 0 aliphatic rings. The smallest absolute Gasteiger partial charge is 0.307 e. The number of hydrogen-bond acceptors (Lipinski definition) is 5. The van der Waals surface area contributed by atoms with Gasteiger partial charge in [-0.05, 0) is 31.2 Å². The van der Waals surface area contributed by atoms with E-state index in [1.807, 2.05) is 0 Å². The summed E-state index contributed by atoms with van der Waals surface area (Å²) in [5, 5.41) is 14.8. The first-order valence-electron chi connectivity index (χ1n) is 6.63. The maximum absolute atomic E-state index is 11.9. The highest BCUT2D eigenvalue weighted by Gasteiger charge is 2.09.